The molecule has 1 fully saturated rings. The molecule has 0 radical (unpaired) electrons. The van der Waals surface area contributed by atoms with E-state index in [0.29, 0.717) is 21.4 Å². The summed E-state index contributed by atoms with van der Waals surface area (Å²) in [6.45, 7) is 5.17. The van der Waals surface area contributed by atoms with Crippen LogP contribution in [-0.4, -0.2) is 58.4 Å². The highest BCUT2D eigenvalue weighted by atomic mass is 32.2. The maximum Gasteiger partial charge on any atom is 0.417 e. The van der Waals surface area contributed by atoms with E-state index in [0.717, 1.165) is 23.5 Å². The highest BCUT2D eigenvalue weighted by Gasteiger charge is 2.43. The highest BCUT2D eigenvalue weighted by Crippen LogP contribution is 2.40. The number of benzene rings is 1. The first kappa shape index (κ1) is 22.2. The van der Waals surface area contributed by atoms with Crippen LogP contribution < -0.4 is 0 Å². The molecule has 1 aliphatic rings. The molecule has 0 bridgehead atoms. The summed E-state index contributed by atoms with van der Waals surface area (Å²) < 4.78 is 68.5. The predicted molar refractivity (Wildman–Crippen MR) is 110 cm³/mol. The van der Waals surface area contributed by atoms with Gasteiger partial charge in [-0.25, -0.2) is 17.9 Å². The Bertz CT molecular complexity index is 1270. The van der Waals surface area contributed by atoms with Crippen molar-refractivity contribution < 1.29 is 26.7 Å². The minimum Gasteiger partial charge on any atom is -0.383 e. The molecule has 3 aromatic rings. The van der Waals surface area contributed by atoms with Gasteiger partial charge < -0.3 is 10.0 Å². The molecule has 12 heteroatoms. The Balaban J connectivity index is 1.91. The van der Waals surface area contributed by atoms with E-state index in [-0.39, 0.29) is 18.7 Å². The summed E-state index contributed by atoms with van der Waals surface area (Å²) in [6, 6.07) is 3.09. The standard InChI is InChI=1S/C19H21F3N4O3S2/c1-10-15(26-17(23-10)30-16(24-26)18(2,3)27)11-5-6-13(19(20,21)22)14(7-11)31(28,29)12-8-25(4)9-12/h5-7,12,27H,8-9H2,1-4H3. The van der Waals surface area contributed by atoms with E-state index in [1.165, 1.54) is 10.6 Å². The predicted octanol–water partition coefficient (Wildman–Crippen LogP) is 3.10. The van der Waals surface area contributed by atoms with E-state index >= 15 is 0 Å². The number of imidazole rings is 1. The van der Waals surface area contributed by atoms with Gasteiger partial charge in [0.1, 0.15) is 10.6 Å². The molecular formula is C19H21F3N4O3S2. The molecular weight excluding hydrogens is 453 g/mol. The first-order valence-electron chi connectivity index (χ1n) is 9.42. The van der Waals surface area contributed by atoms with Crippen LogP contribution >= 0.6 is 11.3 Å². The zero-order chi connectivity index (χ0) is 22.9. The second-order valence-corrected chi connectivity index (χ2v) is 11.5. The van der Waals surface area contributed by atoms with E-state index in [9.17, 15) is 26.7 Å². The second kappa shape index (κ2) is 6.99. The van der Waals surface area contributed by atoms with E-state index in [1.807, 2.05) is 0 Å². The molecule has 1 N–H and O–H groups in total. The van der Waals surface area contributed by atoms with Gasteiger partial charge in [0.25, 0.3) is 0 Å². The van der Waals surface area contributed by atoms with E-state index < -0.39 is 37.3 Å². The molecule has 0 aliphatic carbocycles. The fourth-order valence-electron chi connectivity index (χ4n) is 3.58. The molecule has 0 spiro atoms. The first-order chi connectivity index (χ1) is 14.2. The van der Waals surface area contributed by atoms with Gasteiger partial charge in [0, 0.05) is 18.7 Å². The van der Waals surface area contributed by atoms with Crippen LogP contribution in [0.1, 0.15) is 30.1 Å². The number of sulfone groups is 1. The Morgan fingerprint density at radius 1 is 1.23 bits per heavy atom. The molecule has 1 aromatic carbocycles. The smallest absolute Gasteiger partial charge is 0.383 e. The Hall–Kier alpha value is -2.02. The lowest BCUT2D eigenvalue weighted by Gasteiger charge is -2.36. The normalized spacial score (nSPS) is 16.8. The summed E-state index contributed by atoms with van der Waals surface area (Å²) in [6.07, 6.45) is -4.81. The molecule has 4 rings (SSSR count). The average molecular weight is 475 g/mol. The van der Waals surface area contributed by atoms with E-state index in [4.69, 9.17) is 0 Å². The quantitative estimate of drug-likeness (QED) is 0.625. The van der Waals surface area contributed by atoms with Crippen molar-refractivity contribution in [2.75, 3.05) is 20.1 Å². The number of hydrogen-bond acceptors (Lipinski definition) is 7. The van der Waals surface area contributed by atoms with Gasteiger partial charge in [0.2, 0.25) is 4.96 Å². The van der Waals surface area contributed by atoms with Gasteiger partial charge in [-0.05, 0) is 40.0 Å². The zero-order valence-electron chi connectivity index (χ0n) is 17.2. The van der Waals surface area contributed by atoms with Crippen molar-refractivity contribution in [2.45, 2.75) is 42.7 Å². The van der Waals surface area contributed by atoms with Gasteiger partial charge in [0.15, 0.2) is 9.84 Å². The van der Waals surface area contributed by atoms with Gasteiger partial charge >= 0.3 is 6.18 Å². The number of likely N-dealkylation sites (tertiary alicyclic amines) is 1. The number of halogens is 3. The molecule has 31 heavy (non-hydrogen) atoms. The van der Waals surface area contributed by atoms with Crippen LogP contribution in [0.5, 0.6) is 0 Å². The van der Waals surface area contributed by atoms with Gasteiger partial charge in [0.05, 0.1) is 27.1 Å². The third-order valence-corrected chi connectivity index (χ3v) is 8.59. The summed E-state index contributed by atoms with van der Waals surface area (Å²) >= 11 is 1.16. The van der Waals surface area contributed by atoms with E-state index in [2.05, 4.69) is 10.1 Å². The fraction of sp³-hybridized carbons (Fsp3) is 0.474. The number of aliphatic hydroxyl groups is 1. The van der Waals surface area contributed by atoms with Crippen LogP contribution in [-0.2, 0) is 21.6 Å². The van der Waals surface area contributed by atoms with Crippen molar-refractivity contribution in [3.05, 3.63) is 34.5 Å². The Kier molecular flexibility index (Phi) is 5.00. The molecule has 168 valence electrons. The molecule has 3 heterocycles. The largest absolute Gasteiger partial charge is 0.417 e. The Labute approximate surface area is 181 Å². The van der Waals surface area contributed by atoms with Crippen molar-refractivity contribution >= 4 is 26.1 Å². The van der Waals surface area contributed by atoms with Gasteiger partial charge in [-0.15, -0.1) is 0 Å². The molecule has 1 aliphatic heterocycles. The van der Waals surface area contributed by atoms with Crippen LogP contribution in [0.3, 0.4) is 0 Å². The van der Waals surface area contributed by atoms with Crippen LogP contribution in [0.25, 0.3) is 16.2 Å². The number of rotatable bonds is 4. The lowest BCUT2D eigenvalue weighted by atomic mass is 10.1. The summed E-state index contributed by atoms with van der Waals surface area (Å²) in [7, 11) is -2.49. The maximum absolute atomic E-state index is 13.7. The first-order valence-corrected chi connectivity index (χ1v) is 11.8. The van der Waals surface area contributed by atoms with Crippen LogP contribution in [0.4, 0.5) is 13.2 Å². The Morgan fingerprint density at radius 3 is 2.42 bits per heavy atom. The number of hydrogen-bond donors (Lipinski definition) is 1. The average Bonchev–Trinajstić information content (AvgIpc) is 3.14. The minimum absolute atomic E-state index is 0.181. The number of alkyl halides is 3. The Morgan fingerprint density at radius 2 is 1.87 bits per heavy atom. The number of aryl methyl sites for hydroxylation is 1. The van der Waals surface area contributed by atoms with Crippen molar-refractivity contribution in [3.8, 4) is 11.3 Å². The summed E-state index contributed by atoms with van der Waals surface area (Å²) in [5.74, 6) is 0. The summed E-state index contributed by atoms with van der Waals surface area (Å²) in [4.78, 5) is 5.84. The number of fused-ring (bicyclic) bond motifs is 1. The lowest BCUT2D eigenvalue weighted by molar-refractivity contribution is -0.139. The van der Waals surface area contributed by atoms with Gasteiger partial charge in [-0.1, -0.05) is 17.4 Å². The van der Waals surface area contributed by atoms with Gasteiger partial charge in [-0.3, -0.25) is 0 Å². The third-order valence-electron chi connectivity index (χ3n) is 5.24. The minimum atomic E-state index is -4.81. The van der Waals surface area contributed by atoms with Gasteiger partial charge in [-0.2, -0.15) is 18.3 Å². The van der Waals surface area contributed by atoms with Crippen LogP contribution in [0.15, 0.2) is 23.1 Å². The monoisotopic (exact) mass is 474 g/mol. The molecule has 0 amide bonds. The van der Waals surface area contributed by atoms with Crippen molar-refractivity contribution in [3.63, 3.8) is 0 Å². The maximum atomic E-state index is 13.7. The molecule has 2 aromatic heterocycles. The van der Waals surface area contributed by atoms with Crippen molar-refractivity contribution in [1.82, 2.24) is 19.5 Å². The van der Waals surface area contributed by atoms with Crippen LogP contribution in [0.2, 0.25) is 0 Å². The number of aromatic nitrogens is 3. The summed E-state index contributed by atoms with van der Waals surface area (Å²) in [5, 5.41) is 14.1. The SMILES string of the molecule is Cc1nc2sc(C(C)(C)O)nn2c1-c1ccc(C(F)(F)F)c(S(=O)(=O)C2CN(C)C2)c1. The fourth-order valence-corrected chi connectivity index (χ4v) is 6.57. The van der Waals surface area contributed by atoms with E-state index in [1.54, 1.807) is 32.7 Å². The van der Waals surface area contributed by atoms with Crippen LogP contribution in [0, 0.1) is 6.92 Å². The molecule has 7 nitrogen and oxygen atoms in total. The van der Waals surface area contributed by atoms with Crippen molar-refractivity contribution in [2.24, 2.45) is 0 Å². The molecule has 0 saturated carbocycles. The highest BCUT2D eigenvalue weighted by molar-refractivity contribution is 7.92. The molecule has 0 unspecified atom stereocenters. The molecule has 0 atom stereocenters. The topological polar surface area (TPSA) is 87.8 Å². The zero-order valence-corrected chi connectivity index (χ0v) is 18.9. The molecule has 1 saturated heterocycles. The summed E-state index contributed by atoms with van der Waals surface area (Å²) in [5.41, 5.74) is -1.26. The second-order valence-electron chi connectivity index (χ2n) is 8.30. The lowest BCUT2D eigenvalue weighted by Crippen LogP contribution is -2.52. The number of nitrogens with zero attached hydrogens (tertiary/aromatic N) is 4. The van der Waals surface area contributed by atoms with Crippen molar-refractivity contribution in [1.29, 1.82) is 0 Å². The third kappa shape index (κ3) is 3.75.